The standard InChI is InChI=1S/C13H14N4O/c1-7-5-3-4-6-9(7)11-10(12(14)18)8(2)16-13(15)17-11/h3-6H,1-2H3,(H2,14,18)(H2,15,16,17). The fourth-order valence-electron chi connectivity index (χ4n) is 1.92. The summed E-state index contributed by atoms with van der Waals surface area (Å²) in [5.74, 6) is -0.415. The summed E-state index contributed by atoms with van der Waals surface area (Å²) in [5, 5.41) is 0. The highest BCUT2D eigenvalue weighted by Gasteiger charge is 2.17. The summed E-state index contributed by atoms with van der Waals surface area (Å²) in [6.45, 7) is 3.63. The summed E-state index contributed by atoms with van der Waals surface area (Å²) in [6, 6.07) is 7.61. The molecule has 0 aliphatic carbocycles. The van der Waals surface area contributed by atoms with E-state index in [9.17, 15) is 4.79 Å². The van der Waals surface area contributed by atoms with Crippen LogP contribution in [0.3, 0.4) is 0 Å². The predicted molar refractivity (Wildman–Crippen MR) is 69.9 cm³/mol. The number of anilines is 1. The number of benzene rings is 1. The maximum Gasteiger partial charge on any atom is 0.252 e. The second-order valence-corrected chi connectivity index (χ2v) is 4.07. The van der Waals surface area contributed by atoms with Gasteiger partial charge in [0.05, 0.1) is 17.0 Å². The van der Waals surface area contributed by atoms with Crippen LogP contribution in [0.25, 0.3) is 11.3 Å². The fraction of sp³-hybridized carbons (Fsp3) is 0.154. The van der Waals surface area contributed by atoms with E-state index in [1.54, 1.807) is 6.92 Å². The zero-order valence-electron chi connectivity index (χ0n) is 10.3. The topological polar surface area (TPSA) is 94.9 Å². The van der Waals surface area contributed by atoms with E-state index in [0.717, 1.165) is 11.1 Å². The van der Waals surface area contributed by atoms with Crippen molar-refractivity contribution in [1.29, 1.82) is 0 Å². The molecule has 0 fully saturated rings. The van der Waals surface area contributed by atoms with Gasteiger partial charge in [-0.05, 0) is 19.4 Å². The molecule has 0 saturated carbocycles. The number of primary amides is 1. The third kappa shape index (κ3) is 2.02. The maximum absolute atomic E-state index is 11.5. The van der Waals surface area contributed by atoms with Crippen LogP contribution in [0.5, 0.6) is 0 Å². The van der Waals surface area contributed by atoms with Gasteiger partial charge in [-0.25, -0.2) is 9.97 Å². The van der Waals surface area contributed by atoms with Crippen LogP contribution < -0.4 is 11.5 Å². The van der Waals surface area contributed by atoms with Crippen LogP contribution in [0.4, 0.5) is 5.95 Å². The highest BCUT2D eigenvalue weighted by molar-refractivity contribution is 6.00. The Morgan fingerprint density at radius 3 is 2.44 bits per heavy atom. The number of carbonyl (C=O) groups is 1. The molecule has 2 aromatic rings. The minimum atomic E-state index is -0.550. The Balaban J connectivity index is 2.78. The molecule has 5 heteroatoms. The van der Waals surface area contributed by atoms with Crippen LogP contribution >= 0.6 is 0 Å². The van der Waals surface area contributed by atoms with Crippen molar-refractivity contribution in [3.8, 4) is 11.3 Å². The van der Waals surface area contributed by atoms with Crippen LogP contribution in [0.15, 0.2) is 24.3 Å². The maximum atomic E-state index is 11.5. The molecule has 0 atom stereocenters. The van der Waals surface area contributed by atoms with Crippen molar-refractivity contribution in [2.24, 2.45) is 5.73 Å². The largest absolute Gasteiger partial charge is 0.368 e. The Morgan fingerprint density at radius 2 is 1.83 bits per heavy atom. The smallest absolute Gasteiger partial charge is 0.252 e. The number of hydrogen-bond donors (Lipinski definition) is 2. The van der Waals surface area contributed by atoms with Crippen molar-refractivity contribution in [3.05, 3.63) is 41.1 Å². The van der Waals surface area contributed by atoms with E-state index in [4.69, 9.17) is 11.5 Å². The highest BCUT2D eigenvalue weighted by Crippen LogP contribution is 2.26. The first-order valence-electron chi connectivity index (χ1n) is 5.50. The van der Waals surface area contributed by atoms with Crippen molar-refractivity contribution in [2.75, 3.05) is 5.73 Å². The zero-order valence-corrected chi connectivity index (χ0v) is 10.3. The lowest BCUT2D eigenvalue weighted by atomic mass is 10.00. The number of aryl methyl sites for hydroxylation is 2. The van der Waals surface area contributed by atoms with Crippen molar-refractivity contribution in [1.82, 2.24) is 9.97 Å². The number of aromatic nitrogens is 2. The Bertz CT molecular complexity index is 622. The summed E-state index contributed by atoms with van der Waals surface area (Å²) >= 11 is 0. The lowest BCUT2D eigenvalue weighted by Gasteiger charge is -2.11. The Hall–Kier alpha value is -2.43. The number of nitrogen functional groups attached to an aromatic ring is 1. The van der Waals surface area contributed by atoms with Crippen molar-refractivity contribution < 1.29 is 4.79 Å². The van der Waals surface area contributed by atoms with Gasteiger partial charge in [-0.2, -0.15) is 0 Å². The van der Waals surface area contributed by atoms with Gasteiger partial charge in [-0.3, -0.25) is 4.79 Å². The van der Waals surface area contributed by atoms with E-state index in [0.29, 0.717) is 17.0 Å². The molecule has 1 heterocycles. The predicted octanol–water partition coefficient (Wildman–Crippen LogP) is 1.44. The Labute approximate surface area is 105 Å². The normalized spacial score (nSPS) is 10.3. The molecule has 0 bridgehead atoms. The van der Waals surface area contributed by atoms with E-state index < -0.39 is 5.91 Å². The van der Waals surface area contributed by atoms with Crippen molar-refractivity contribution in [3.63, 3.8) is 0 Å². The molecule has 0 aliphatic rings. The SMILES string of the molecule is Cc1ccccc1-c1nc(N)nc(C)c1C(N)=O. The van der Waals surface area contributed by atoms with Gasteiger partial charge in [-0.15, -0.1) is 0 Å². The molecule has 1 aromatic carbocycles. The number of hydrogen-bond acceptors (Lipinski definition) is 4. The van der Waals surface area contributed by atoms with E-state index in [-0.39, 0.29) is 5.95 Å². The van der Waals surface area contributed by atoms with Crippen molar-refractivity contribution in [2.45, 2.75) is 13.8 Å². The molecule has 0 aliphatic heterocycles. The minimum absolute atomic E-state index is 0.135. The molecule has 0 spiro atoms. The Kier molecular flexibility index (Phi) is 2.97. The van der Waals surface area contributed by atoms with Gasteiger partial charge in [0, 0.05) is 5.56 Å². The van der Waals surface area contributed by atoms with Gasteiger partial charge in [0.15, 0.2) is 0 Å². The zero-order chi connectivity index (χ0) is 13.3. The van der Waals surface area contributed by atoms with E-state index in [1.165, 1.54) is 0 Å². The van der Waals surface area contributed by atoms with Crippen molar-refractivity contribution >= 4 is 11.9 Å². The lowest BCUT2D eigenvalue weighted by molar-refractivity contribution is 0.0999. The third-order valence-electron chi connectivity index (χ3n) is 2.75. The summed E-state index contributed by atoms with van der Waals surface area (Å²) in [4.78, 5) is 19.7. The third-order valence-corrected chi connectivity index (χ3v) is 2.75. The molecule has 0 saturated heterocycles. The first-order valence-corrected chi connectivity index (χ1v) is 5.50. The first kappa shape index (κ1) is 12.0. The molecule has 18 heavy (non-hydrogen) atoms. The number of nitrogens with two attached hydrogens (primary N) is 2. The summed E-state index contributed by atoms with van der Waals surface area (Å²) in [7, 11) is 0. The molecular formula is C13H14N4O. The summed E-state index contributed by atoms with van der Waals surface area (Å²) in [6.07, 6.45) is 0. The van der Waals surface area contributed by atoms with Gasteiger partial charge >= 0.3 is 0 Å². The number of nitrogens with zero attached hydrogens (tertiary/aromatic N) is 2. The van der Waals surface area contributed by atoms with Crippen LogP contribution in [-0.2, 0) is 0 Å². The number of carbonyl (C=O) groups excluding carboxylic acids is 1. The van der Waals surface area contributed by atoms with Gasteiger partial charge in [-0.1, -0.05) is 24.3 Å². The molecule has 1 amide bonds. The van der Waals surface area contributed by atoms with Crippen LogP contribution in [0, 0.1) is 13.8 Å². The summed E-state index contributed by atoms with van der Waals surface area (Å²) in [5.41, 5.74) is 14.2. The molecule has 0 radical (unpaired) electrons. The van der Waals surface area contributed by atoms with Crippen LogP contribution in [0.2, 0.25) is 0 Å². The average Bonchev–Trinajstić information content (AvgIpc) is 2.27. The second kappa shape index (κ2) is 4.44. The molecular weight excluding hydrogens is 228 g/mol. The van der Waals surface area contributed by atoms with Crippen LogP contribution in [-0.4, -0.2) is 15.9 Å². The van der Waals surface area contributed by atoms with Gasteiger partial charge in [0.2, 0.25) is 5.95 Å². The average molecular weight is 242 g/mol. The highest BCUT2D eigenvalue weighted by atomic mass is 16.1. The van der Waals surface area contributed by atoms with Gasteiger partial charge in [0.25, 0.3) is 5.91 Å². The minimum Gasteiger partial charge on any atom is -0.368 e. The van der Waals surface area contributed by atoms with E-state index in [1.807, 2.05) is 31.2 Å². The second-order valence-electron chi connectivity index (χ2n) is 4.07. The first-order chi connectivity index (χ1) is 8.50. The monoisotopic (exact) mass is 242 g/mol. The molecule has 4 N–H and O–H groups in total. The fourth-order valence-corrected chi connectivity index (χ4v) is 1.92. The summed E-state index contributed by atoms with van der Waals surface area (Å²) < 4.78 is 0. The molecule has 0 unspecified atom stereocenters. The van der Waals surface area contributed by atoms with E-state index in [2.05, 4.69) is 9.97 Å². The Morgan fingerprint density at radius 1 is 1.17 bits per heavy atom. The quantitative estimate of drug-likeness (QED) is 0.833. The number of rotatable bonds is 2. The molecule has 1 aromatic heterocycles. The van der Waals surface area contributed by atoms with Gasteiger partial charge in [0.1, 0.15) is 0 Å². The molecule has 92 valence electrons. The van der Waals surface area contributed by atoms with Crippen LogP contribution in [0.1, 0.15) is 21.6 Å². The molecule has 5 nitrogen and oxygen atoms in total. The number of amides is 1. The molecule has 2 rings (SSSR count). The van der Waals surface area contributed by atoms with E-state index >= 15 is 0 Å². The lowest BCUT2D eigenvalue weighted by Crippen LogP contribution is -2.17. The van der Waals surface area contributed by atoms with Gasteiger partial charge < -0.3 is 11.5 Å².